The number of unbranched alkanes of at least 4 members (excludes halogenated alkanes) is 3. The molecule has 0 heterocycles. The molecule has 0 aliphatic carbocycles. The standard InChI is InChI=1S/C17H28F2O5/c1-3-5-6-7-11-16(24,17(18,19)15(22)23)12-10-14(21)9-8-13(20)4-2/h24H,3-12H2,1-2H3,(H,22,23). The quantitative estimate of drug-likeness (QED) is 0.468. The van der Waals surface area contributed by atoms with Crippen LogP contribution in [0, 0.1) is 0 Å². The number of aliphatic carboxylic acids is 1. The average molecular weight is 350 g/mol. The van der Waals surface area contributed by atoms with E-state index in [1.807, 2.05) is 6.92 Å². The Bertz CT molecular complexity index is 437. The Morgan fingerprint density at radius 1 is 0.875 bits per heavy atom. The largest absolute Gasteiger partial charge is 0.477 e. The molecule has 0 aromatic heterocycles. The van der Waals surface area contributed by atoms with Gasteiger partial charge in [-0.15, -0.1) is 0 Å². The summed E-state index contributed by atoms with van der Waals surface area (Å²) in [6.45, 7) is 3.60. The first-order valence-electron chi connectivity index (χ1n) is 8.47. The Labute approximate surface area is 141 Å². The number of alkyl halides is 2. The van der Waals surface area contributed by atoms with E-state index in [1.54, 1.807) is 6.92 Å². The molecule has 0 bridgehead atoms. The molecule has 0 saturated heterocycles. The molecular formula is C17H28F2O5. The summed E-state index contributed by atoms with van der Waals surface area (Å²) in [7, 11) is 0. The highest BCUT2D eigenvalue weighted by atomic mass is 19.3. The molecule has 1 unspecified atom stereocenters. The predicted octanol–water partition coefficient (Wildman–Crippen LogP) is 3.52. The van der Waals surface area contributed by atoms with Crippen LogP contribution in [-0.2, 0) is 14.4 Å². The zero-order valence-electron chi connectivity index (χ0n) is 14.4. The molecule has 0 saturated carbocycles. The third-order valence-electron chi connectivity index (χ3n) is 4.19. The smallest absolute Gasteiger partial charge is 0.377 e. The maximum atomic E-state index is 13.9. The number of hydrogen-bond donors (Lipinski definition) is 2. The third kappa shape index (κ3) is 7.03. The molecule has 7 heteroatoms. The summed E-state index contributed by atoms with van der Waals surface area (Å²) < 4.78 is 27.8. The van der Waals surface area contributed by atoms with Crippen LogP contribution in [0.1, 0.15) is 78.1 Å². The average Bonchev–Trinajstić information content (AvgIpc) is 2.54. The summed E-state index contributed by atoms with van der Waals surface area (Å²) >= 11 is 0. The SMILES string of the molecule is CCCCCCC(O)(CCC(=O)CCC(=O)CC)C(F)(F)C(=O)O. The van der Waals surface area contributed by atoms with Gasteiger partial charge in [-0.2, -0.15) is 8.78 Å². The van der Waals surface area contributed by atoms with Gasteiger partial charge in [0.05, 0.1) is 0 Å². The molecular weight excluding hydrogens is 322 g/mol. The number of aliphatic hydroxyl groups is 1. The van der Waals surface area contributed by atoms with Crippen LogP contribution in [0.4, 0.5) is 8.78 Å². The van der Waals surface area contributed by atoms with Crippen LogP contribution in [0.2, 0.25) is 0 Å². The number of rotatable bonds is 14. The zero-order valence-corrected chi connectivity index (χ0v) is 14.4. The monoisotopic (exact) mass is 350 g/mol. The molecule has 24 heavy (non-hydrogen) atoms. The van der Waals surface area contributed by atoms with E-state index in [9.17, 15) is 28.3 Å². The fourth-order valence-corrected chi connectivity index (χ4v) is 2.41. The Kier molecular flexibility index (Phi) is 9.89. The molecule has 5 nitrogen and oxygen atoms in total. The van der Waals surface area contributed by atoms with Crippen LogP contribution in [0.3, 0.4) is 0 Å². The highest BCUT2D eigenvalue weighted by Crippen LogP contribution is 2.37. The second kappa shape index (κ2) is 10.5. The van der Waals surface area contributed by atoms with E-state index in [0.29, 0.717) is 12.8 Å². The minimum Gasteiger partial charge on any atom is -0.477 e. The Morgan fingerprint density at radius 2 is 1.46 bits per heavy atom. The summed E-state index contributed by atoms with van der Waals surface area (Å²) in [5, 5.41) is 18.9. The Balaban J connectivity index is 4.79. The van der Waals surface area contributed by atoms with Gasteiger partial charge in [0.25, 0.3) is 0 Å². The van der Waals surface area contributed by atoms with Crippen molar-refractivity contribution in [2.75, 3.05) is 0 Å². The van der Waals surface area contributed by atoms with Gasteiger partial charge < -0.3 is 10.2 Å². The van der Waals surface area contributed by atoms with Crippen molar-refractivity contribution in [3.05, 3.63) is 0 Å². The summed E-state index contributed by atoms with van der Waals surface area (Å²) in [5.74, 6) is -7.24. The van der Waals surface area contributed by atoms with E-state index >= 15 is 0 Å². The van der Waals surface area contributed by atoms with E-state index in [2.05, 4.69) is 0 Å². The summed E-state index contributed by atoms with van der Waals surface area (Å²) in [4.78, 5) is 33.7. The topological polar surface area (TPSA) is 91.7 Å². The van der Waals surface area contributed by atoms with Crippen LogP contribution >= 0.6 is 0 Å². The first-order chi connectivity index (χ1) is 11.1. The number of carboxylic acids is 1. The third-order valence-corrected chi connectivity index (χ3v) is 4.19. The molecule has 0 spiro atoms. The molecule has 0 fully saturated rings. The minimum atomic E-state index is -4.32. The lowest BCUT2D eigenvalue weighted by Crippen LogP contribution is -2.53. The molecule has 0 aliphatic heterocycles. The number of ketones is 2. The van der Waals surface area contributed by atoms with Gasteiger partial charge in [-0.25, -0.2) is 4.79 Å². The fourth-order valence-electron chi connectivity index (χ4n) is 2.41. The predicted molar refractivity (Wildman–Crippen MR) is 85.1 cm³/mol. The molecule has 0 aromatic rings. The van der Waals surface area contributed by atoms with Gasteiger partial charge in [-0.1, -0.05) is 39.5 Å². The normalized spacial score (nSPS) is 14.2. The van der Waals surface area contributed by atoms with Crippen molar-refractivity contribution in [2.24, 2.45) is 0 Å². The number of carbonyl (C=O) groups is 3. The maximum absolute atomic E-state index is 13.9. The molecule has 0 aliphatic rings. The number of carboxylic acid groups (broad SMARTS) is 1. The second-order valence-corrected chi connectivity index (χ2v) is 6.15. The zero-order chi connectivity index (χ0) is 18.8. The second-order valence-electron chi connectivity index (χ2n) is 6.15. The molecule has 140 valence electrons. The maximum Gasteiger partial charge on any atom is 0.377 e. The van der Waals surface area contributed by atoms with E-state index in [4.69, 9.17) is 5.11 Å². The van der Waals surface area contributed by atoms with E-state index in [-0.39, 0.29) is 37.9 Å². The van der Waals surface area contributed by atoms with Gasteiger partial charge in [0, 0.05) is 25.7 Å². The van der Waals surface area contributed by atoms with Gasteiger partial charge in [0.2, 0.25) is 0 Å². The number of Topliss-reactive ketones (excluding diaryl/α,β-unsaturated/α-hetero) is 2. The lowest BCUT2D eigenvalue weighted by atomic mass is 9.84. The van der Waals surface area contributed by atoms with Crippen molar-refractivity contribution in [1.29, 1.82) is 0 Å². The highest BCUT2D eigenvalue weighted by molar-refractivity contribution is 5.86. The van der Waals surface area contributed by atoms with Crippen molar-refractivity contribution in [1.82, 2.24) is 0 Å². The van der Waals surface area contributed by atoms with Gasteiger partial charge in [0.15, 0.2) is 0 Å². The summed E-state index contributed by atoms with van der Waals surface area (Å²) in [5.41, 5.74) is -2.75. The lowest BCUT2D eigenvalue weighted by Gasteiger charge is -2.33. The summed E-state index contributed by atoms with van der Waals surface area (Å²) in [6, 6.07) is 0. The van der Waals surface area contributed by atoms with Crippen LogP contribution in [0.25, 0.3) is 0 Å². The van der Waals surface area contributed by atoms with Crippen LogP contribution in [-0.4, -0.2) is 39.3 Å². The van der Waals surface area contributed by atoms with Crippen molar-refractivity contribution in [2.45, 2.75) is 89.6 Å². The highest BCUT2D eigenvalue weighted by Gasteiger charge is 2.58. The van der Waals surface area contributed by atoms with E-state index in [0.717, 1.165) is 12.8 Å². The Morgan fingerprint density at radius 3 is 1.96 bits per heavy atom. The van der Waals surface area contributed by atoms with Gasteiger partial charge in [0.1, 0.15) is 17.2 Å². The number of halogens is 2. The van der Waals surface area contributed by atoms with Crippen molar-refractivity contribution >= 4 is 17.5 Å². The minimum absolute atomic E-state index is 0.0413. The van der Waals surface area contributed by atoms with Crippen molar-refractivity contribution in [3.8, 4) is 0 Å². The van der Waals surface area contributed by atoms with Gasteiger partial charge in [-0.05, 0) is 12.8 Å². The van der Waals surface area contributed by atoms with Crippen LogP contribution in [0.15, 0.2) is 0 Å². The molecule has 0 aromatic carbocycles. The van der Waals surface area contributed by atoms with E-state index in [1.165, 1.54) is 0 Å². The molecule has 0 amide bonds. The fraction of sp³-hybridized carbons (Fsp3) is 0.824. The van der Waals surface area contributed by atoms with Gasteiger partial charge in [-0.3, -0.25) is 9.59 Å². The van der Waals surface area contributed by atoms with Crippen molar-refractivity contribution in [3.63, 3.8) is 0 Å². The first kappa shape index (κ1) is 22.6. The van der Waals surface area contributed by atoms with Crippen LogP contribution < -0.4 is 0 Å². The lowest BCUT2D eigenvalue weighted by molar-refractivity contribution is -0.212. The summed E-state index contributed by atoms with van der Waals surface area (Å²) in [6.07, 6.45) is 1.42. The molecule has 1 atom stereocenters. The van der Waals surface area contributed by atoms with E-state index < -0.39 is 29.7 Å². The molecule has 2 N–H and O–H groups in total. The van der Waals surface area contributed by atoms with Crippen LogP contribution in [0.5, 0.6) is 0 Å². The first-order valence-corrected chi connectivity index (χ1v) is 8.47. The van der Waals surface area contributed by atoms with Gasteiger partial charge >= 0.3 is 11.9 Å². The van der Waals surface area contributed by atoms with Crippen molar-refractivity contribution < 1.29 is 33.4 Å². The number of carbonyl (C=O) groups excluding carboxylic acids is 2. The number of hydrogen-bond acceptors (Lipinski definition) is 4. The molecule has 0 rings (SSSR count). The Hall–Kier alpha value is -1.37. The molecule has 0 radical (unpaired) electrons.